The summed E-state index contributed by atoms with van der Waals surface area (Å²) in [6, 6.07) is 8.91. The van der Waals surface area contributed by atoms with E-state index < -0.39 is 17.7 Å². The first kappa shape index (κ1) is 30.5. The number of rotatable bonds is 10. The number of carboxylic acids is 1. The van der Waals surface area contributed by atoms with E-state index in [1.807, 2.05) is 24.0 Å². The number of pyridine rings is 2. The van der Waals surface area contributed by atoms with Crippen molar-refractivity contribution in [3.8, 4) is 17.0 Å². The molecule has 2 N–H and O–H groups in total. The Labute approximate surface area is 248 Å². The molecule has 3 aromatic rings. The predicted octanol–water partition coefficient (Wildman–Crippen LogP) is 4.13. The van der Waals surface area contributed by atoms with Crippen molar-refractivity contribution in [3.63, 3.8) is 0 Å². The summed E-state index contributed by atoms with van der Waals surface area (Å²) in [6.45, 7) is 8.54. The molecule has 2 aliphatic rings. The number of aromatic nitrogens is 2. The topological polar surface area (TPSA) is 103 Å². The first-order valence-corrected chi connectivity index (χ1v) is 14.2. The summed E-state index contributed by atoms with van der Waals surface area (Å²) in [6.07, 6.45) is -1.12. The number of anilines is 3. The number of hydrogen-bond donors (Lipinski definition) is 2. The molecule has 43 heavy (non-hydrogen) atoms. The van der Waals surface area contributed by atoms with Crippen LogP contribution in [-0.2, 0) is 15.7 Å². The number of nitrogens with zero attached hydrogens (tertiary/aromatic N) is 5. The van der Waals surface area contributed by atoms with Crippen molar-refractivity contribution in [1.29, 1.82) is 0 Å². The molecule has 1 aromatic carbocycles. The molecule has 0 amide bonds. The fourth-order valence-corrected chi connectivity index (χ4v) is 5.20. The number of aryl methyl sites for hydroxylation is 1. The van der Waals surface area contributed by atoms with Crippen molar-refractivity contribution >= 4 is 23.0 Å². The molecule has 2 aromatic heterocycles. The van der Waals surface area contributed by atoms with E-state index in [0.29, 0.717) is 69.8 Å². The van der Waals surface area contributed by atoms with E-state index >= 15 is 0 Å². The maximum atomic E-state index is 13.2. The second kappa shape index (κ2) is 13.6. The van der Waals surface area contributed by atoms with Crippen LogP contribution in [0.15, 0.2) is 48.8 Å². The van der Waals surface area contributed by atoms with Gasteiger partial charge in [-0.3, -0.25) is 19.6 Å². The molecule has 2 fully saturated rings. The largest absolute Gasteiger partial charge is 0.480 e. The lowest BCUT2D eigenvalue weighted by Gasteiger charge is -2.34. The minimum absolute atomic E-state index is 0.0583. The van der Waals surface area contributed by atoms with E-state index in [2.05, 4.69) is 25.1 Å². The summed E-state index contributed by atoms with van der Waals surface area (Å²) < 4.78 is 51.3. The molecule has 0 saturated carbocycles. The van der Waals surface area contributed by atoms with E-state index in [1.54, 1.807) is 18.5 Å². The number of aliphatic carboxylic acids is 1. The average molecular weight is 601 g/mol. The van der Waals surface area contributed by atoms with Gasteiger partial charge in [0.05, 0.1) is 37.2 Å². The van der Waals surface area contributed by atoms with Crippen LogP contribution >= 0.6 is 0 Å². The number of hydrogen-bond acceptors (Lipinski definition) is 9. The van der Waals surface area contributed by atoms with Crippen molar-refractivity contribution in [1.82, 2.24) is 19.8 Å². The van der Waals surface area contributed by atoms with E-state index in [1.165, 1.54) is 6.07 Å². The van der Waals surface area contributed by atoms with E-state index in [9.17, 15) is 18.0 Å². The molecule has 13 heteroatoms. The number of carboxylic acid groups (broad SMARTS) is 1. The number of ether oxygens (including phenoxy) is 2. The molecule has 4 heterocycles. The highest BCUT2D eigenvalue weighted by Crippen LogP contribution is 2.35. The van der Waals surface area contributed by atoms with Crippen LogP contribution in [0.4, 0.5) is 30.2 Å². The first-order valence-electron chi connectivity index (χ1n) is 14.2. The third-order valence-electron chi connectivity index (χ3n) is 7.53. The smallest absolute Gasteiger partial charge is 0.416 e. The lowest BCUT2D eigenvalue weighted by Crippen LogP contribution is -2.48. The van der Waals surface area contributed by atoms with Crippen LogP contribution in [0, 0.1) is 6.92 Å². The van der Waals surface area contributed by atoms with Gasteiger partial charge >= 0.3 is 12.1 Å². The van der Waals surface area contributed by atoms with Crippen molar-refractivity contribution in [2.45, 2.75) is 13.1 Å². The fraction of sp³-hybridized carbons (Fsp3) is 0.433. The van der Waals surface area contributed by atoms with Crippen molar-refractivity contribution in [3.05, 3.63) is 60.0 Å². The highest BCUT2D eigenvalue weighted by Gasteiger charge is 2.30. The van der Waals surface area contributed by atoms with Gasteiger partial charge in [0.1, 0.15) is 12.3 Å². The van der Waals surface area contributed by atoms with Crippen LogP contribution in [0.25, 0.3) is 11.1 Å². The summed E-state index contributed by atoms with van der Waals surface area (Å²) >= 11 is 0. The lowest BCUT2D eigenvalue weighted by molar-refractivity contribution is -0.139. The van der Waals surface area contributed by atoms with Crippen molar-refractivity contribution in [2.24, 2.45) is 0 Å². The van der Waals surface area contributed by atoms with Gasteiger partial charge in [-0.25, -0.2) is 4.98 Å². The van der Waals surface area contributed by atoms with Crippen LogP contribution < -0.4 is 15.0 Å². The van der Waals surface area contributed by atoms with Crippen LogP contribution in [-0.4, -0.2) is 103 Å². The van der Waals surface area contributed by atoms with Crippen LogP contribution in [0.2, 0.25) is 0 Å². The summed E-state index contributed by atoms with van der Waals surface area (Å²) in [5.74, 6) is -0.300. The molecule has 0 aliphatic carbocycles. The van der Waals surface area contributed by atoms with Crippen LogP contribution in [0.3, 0.4) is 0 Å². The molecule has 10 nitrogen and oxygen atoms in total. The van der Waals surface area contributed by atoms with E-state index in [-0.39, 0.29) is 6.54 Å². The number of nitrogens with one attached hydrogen (secondary N) is 1. The molecule has 0 atom stereocenters. The Morgan fingerprint density at radius 2 is 1.74 bits per heavy atom. The Morgan fingerprint density at radius 3 is 2.47 bits per heavy atom. The number of halogens is 3. The van der Waals surface area contributed by atoms with Gasteiger partial charge in [-0.15, -0.1) is 0 Å². The van der Waals surface area contributed by atoms with Crippen LogP contribution in [0.1, 0.15) is 11.3 Å². The van der Waals surface area contributed by atoms with Gasteiger partial charge in [0.2, 0.25) is 5.88 Å². The van der Waals surface area contributed by atoms with Gasteiger partial charge in [-0.1, -0.05) is 6.07 Å². The van der Waals surface area contributed by atoms with Gasteiger partial charge < -0.3 is 24.8 Å². The van der Waals surface area contributed by atoms with Crippen molar-refractivity contribution in [2.75, 3.05) is 82.4 Å². The maximum Gasteiger partial charge on any atom is 0.416 e. The van der Waals surface area contributed by atoms with Gasteiger partial charge in [-0.2, -0.15) is 13.2 Å². The molecule has 2 saturated heterocycles. The quantitative estimate of drug-likeness (QED) is 0.353. The highest BCUT2D eigenvalue weighted by atomic mass is 19.4. The molecular formula is C30H35F3N6O4. The summed E-state index contributed by atoms with van der Waals surface area (Å²) in [5, 5.41) is 12.1. The number of alkyl halides is 3. The minimum atomic E-state index is -4.43. The van der Waals surface area contributed by atoms with Crippen molar-refractivity contribution < 1.29 is 32.5 Å². The normalized spacial score (nSPS) is 16.7. The molecule has 0 spiro atoms. The number of piperazine rings is 1. The second-order valence-corrected chi connectivity index (χ2v) is 10.6. The third kappa shape index (κ3) is 8.12. The second-order valence-electron chi connectivity index (χ2n) is 10.6. The van der Waals surface area contributed by atoms with E-state index in [0.717, 1.165) is 47.7 Å². The Balaban J connectivity index is 1.31. The molecule has 0 unspecified atom stereocenters. The monoisotopic (exact) mass is 600 g/mol. The van der Waals surface area contributed by atoms with Gasteiger partial charge in [-0.05, 0) is 37.3 Å². The molecule has 230 valence electrons. The molecular weight excluding hydrogens is 565 g/mol. The SMILES string of the molecule is Cc1ncc(Nc2cccc(C(F)(F)F)c2)cc1-c1cnc(OCCN2CCN(CC(=O)O)CC2)c(N2CCOCC2)c1. The predicted molar refractivity (Wildman–Crippen MR) is 156 cm³/mol. The Bertz CT molecular complexity index is 1410. The first-order chi connectivity index (χ1) is 20.7. The van der Waals surface area contributed by atoms with E-state index in [4.69, 9.17) is 14.6 Å². The molecule has 5 rings (SSSR count). The standard InChI is InChI=1S/C30H35F3N6O4/c1-21-26(17-25(19-34-21)36-24-4-2-3-23(16-24)30(31,32)33)22-15-27(39-10-12-42-13-11-39)29(35-18-22)43-14-9-37-5-7-38(8-6-37)20-28(40)41/h2-4,15-19,36H,5-14,20H2,1H3,(H,40,41). The zero-order chi connectivity index (χ0) is 30.4. The van der Waals surface area contributed by atoms with Crippen LogP contribution in [0.5, 0.6) is 5.88 Å². The Kier molecular flexibility index (Phi) is 9.63. The van der Waals surface area contributed by atoms with Gasteiger partial charge in [0.25, 0.3) is 0 Å². The lowest BCUT2D eigenvalue weighted by atomic mass is 10.0. The summed E-state index contributed by atoms with van der Waals surface area (Å²) in [5.41, 5.74) is 3.32. The highest BCUT2D eigenvalue weighted by molar-refractivity contribution is 5.75. The molecule has 2 aliphatic heterocycles. The molecule has 0 radical (unpaired) electrons. The number of carbonyl (C=O) groups is 1. The zero-order valence-corrected chi connectivity index (χ0v) is 23.9. The minimum Gasteiger partial charge on any atom is -0.480 e. The molecule has 0 bridgehead atoms. The fourth-order valence-electron chi connectivity index (χ4n) is 5.20. The number of morpholine rings is 1. The van der Waals surface area contributed by atoms with Gasteiger partial charge in [0.15, 0.2) is 0 Å². The third-order valence-corrected chi connectivity index (χ3v) is 7.53. The Hall–Kier alpha value is -3.94. The maximum absolute atomic E-state index is 13.2. The summed E-state index contributed by atoms with van der Waals surface area (Å²) in [4.78, 5) is 26.5. The Morgan fingerprint density at radius 1 is 1.00 bits per heavy atom. The van der Waals surface area contributed by atoms with Gasteiger partial charge in [0, 0.05) is 74.5 Å². The average Bonchev–Trinajstić information content (AvgIpc) is 2.99. The summed E-state index contributed by atoms with van der Waals surface area (Å²) in [7, 11) is 0. The zero-order valence-electron chi connectivity index (χ0n) is 23.9. The number of benzene rings is 1.